The number of hydrogen-bond donors (Lipinski definition) is 2. The second kappa shape index (κ2) is 7.67. The van der Waals surface area contributed by atoms with Crippen LogP contribution in [0.1, 0.15) is 0 Å². The quantitative estimate of drug-likeness (QED) is 0.689. The van der Waals surface area contributed by atoms with Gasteiger partial charge in [-0.1, -0.05) is 17.7 Å². The van der Waals surface area contributed by atoms with Crippen LogP contribution in [0.2, 0.25) is 5.02 Å². The summed E-state index contributed by atoms with van der Waals surface area (Å²) >= 11 is 5.97. The molecule has 25 heavy (non-hydrogen) atoms. The van der Waals surface area contributed by atoms with Gasteiger partial charge in [0.25, 0.3) is 0 Å². The Kier molecular flexibility index (Phi) is 5.15. The zero-order valence-electron chi connectivity index (χ0n) is 13.7. The van der Waals surface area contributed by atoms with Crippen LogP contribution >= 0.6 is 11.6 Å². The van der Waals surface area contributed by atoms with E-state index >= 15 is 0 Å². The second-order valence-electron chi connectivity index (χ2n) is 5.00. The molecule has 0 saturated carbocycles. The predicted molar refractivity (Wildman–Crippen MR) is 97.4 cm³/mol. The molecule has 0 aliphatic carbocycles. The lowest BCUT2D eigenvalue weighted by atomic mass is 10.2. The second-order valence-corrected chi connectivity index (χ2v) is 5.43. The number of hydrogen-bond acceptors (Lipinski definition) is 7. The first-order valence-corrected chi connectivity index (χ1v) is 7.77. The van der Waals surface area contributed by atoms with E-state index in [1.54, 1.807) is 32.4 Å². The van der Waals surface area contributed by atoms with E-state index in [2.05, 4.69) is 25.8 Å². The van der Waals surface area contributed by atoms with E-state index in [1.807, 2.05) is 24.3 Å². The third kappa shape index (κ3) is 4.27. The van der Waals surface area contributed by atoms with Gasteiger partial charge in [-0.2, -0.15) is 10.1 Å². The third-order valence-electron chi connectivity index (χ3n) is 3.30. The predicted octanol–water partition coefficient (Wildman–Crippen LogP) is 4.03. The van der Waals surface area contributed by atoms with Crippen LogP contribution < -0.4 is 20.1 Å². The summed E-state index contributed by atoms with van der Waals surface area (Å²) in [5, 5.41) is 14.7. The molecular weight excluding hydrogens is 342 g/mol. The van der Waals surface area contributed by atoms with Gasteiger partial charge in [-0.25, -0.2) is 0 Å². The number of ether oxygens (including phenoxy) is 2. The van der Waals surface area contributed by atoms with Crippen LogP contribution in [-0.4, -0.2) is 29.4 Å². The molecule has 0 amide bonds. The van der Waals surface area contributed by atoms with Crippen molar-refractivity contribution in [3.05, 3.63) is 53.7 Å². The normalized spacial score (nSPS) is 10.2. The fourth-order valence-corrected chi connectivity index (χ4v) is 2.36. The van der Waals surface area contributed by atoms with Gasteiger partial charge < -0.3 is 20.1 Å². The Hall–Kier alpha value is -3.06. The van der Waals surface area contributed by atoms with E-state index < -0.39 is 0 Å². The van der Waals surface area contributed by atoms with Gasteiger partial charge in [-0.15, -0.1) is 5.10 Å². The van der Waals surface area contributed by atoms with E-state index in [1.165, 1.54) is 6.20 Å². The Bertz CT molecular complexity index is 875. The smallest absolute Gasteiger partial charge is 0.249 e. The monoisotopic (exact) mass is 357 g/mol. The molecule has 3 aromatic rings. The van der Waals surface area contributed by atoms with Crippen molar-refractivity contribution in [2.75, 3.05) is 24.9 Å². The number of nitrogens with zero attached hydrogens (tertiary/aromatic N) is 3. The number of rotatable bonds is 6. The van der Waals surface area contributed by atoms with Crippen molar-refractivity contribution in [2.24, 2.45) is 0 Å². The average Bonchev–Trinajstić information content (AvgIpc) is 2.62. The molecule has 2 aromatic carbocycles. The average molecular weight is 358 g/mol. The van der Waals surface area contributed by atoms with Crippen molar-refractivity contribution < 1.29 is 9.47 Å². The van der Waals surface area contributed by atoms with Gasteiger partial charge in [-0.05, 0) is 30.3 Å². The van der Waals surface area contributed by atoms with Crippen molar-refractivity contribution in [1.82, 2.24) is 15.2 Å². The Labute approximate surface area is 150 Å². The number of halogens is 1. The zero-order chi connectivity index (χ0) is 17.6. The fraction of sp³-hybridized carbons (Fsp3) is 0.118. The van der Waals surface area contributed by atoms with E-state index in [0.29, 0.717) is 28.3 Å². The van der Waals surface area contributed by atoms with Gasteiger partial charge in [0.15, 0.2) is 17.3 Å². The highest BCUT2D eigenvalue weighted by atomic mass is 35.5. The van der Waals surface area contributed by atoms with Crippen LogP contribution in [0.25, 0.3) is 0 Å². The maximum absolute atomic E-state index is 5.97. The van der Waals surface area contributed by atoms with Crippen LogP contribution in [0, 0.1) is 0 Å². The molecule has 0 unspecified atom stereocenters. The van der Waals surface area contributed by atoms with Gasteiger partial charge in [0.2, 0.25) is 5.95 Å². The summed E-state index contributed by atoms with van der Waals surface area (Å²) in [5.41, 5.74) is 1.56. The SMILES string of the molecule is COc1ccc(Nc2cnnc(Nc3cccc(Cl)c3)n2)cc1OC. The minimum atomic E-state index is 0.354. The molecule has 0 atom stereocenters. The Morgan fingerprint density at radius 3 is 2.48 bits per heavy atom. The minimum Gasteiger partial charge on any atom is -0.493 e. The highest BCUT2D eigenvalue weighted by molar-refractivity contribution is 6.30. The number of benzene rings is 2. The van der Waals surface area contributed by atoms with E-state index in [4.69, 9.17) is 21.1 Å². The minimum absolute atomic E-state index is 0.354. The topological polar surface area (TPSA) is 81.2 Å². The van der Waals surface area contributed by atoms with Crippen molar-refractivity contribution in [1.29, 1.82) is 0 Å². The zero-order valence-corrected chi connectivity index (χ0v) is 14.4. The standard InChI is InChI=1S/C17H16ClN5O2/c1-24-14-7-6-13(9-15(14)25-2)20-16-10-19-23-17(22-16)21-12-5-3-4-11(18)8-12/h3-10H,1-2H3,(H2,20,21,22,23). The number of methoxy groups -OCH3 is 2. The van der Waals surface area contributed by atoms with Crippen LogP contribution in [0.5, 0.6) is 11.5 Å². The summed E-state index contributed by atoms with van der Waals surface area (Å²) in [5.74, 6) is 2.16. The first-order valence-electron chi connectivity index (χ1n) is 7.39. The van der Waals surface area contributed by atoms with Crippen LogP contribution in [0.4, 0.5) is 23.1 Å². The molecule has 0 fully saturated rings. The molecule has 3 rings (SSSR count). The van der Waals surface area contributed by atoms with Crippen LogP contribution in [0.15, 0.2) is 48.7 Å². The molecule has 128 valence electrons. The van der Waals surface area contributed by atoms with E-state index in [0.717, 1.165) is 11.4 Å². The number of aromatic nitrogens is 3. The molecular formula is C17H16ClN5O2. The van der Waals surface area contributed by atoms with E-state index in [-0.39, 0.29) is 0 Å². The maximum Gasteiger partial charge on any atom is 0.249 e. The highest BCUT2D eigenvalue weighted by Crippen LogP contribution is 2.30. The molecule has 0 bridgehead atoms. The van der Waals surface area contributed by atoms with Crippen LogP contribution in [-0.2, 0) is 0 Å². The summed E-state index contributed by atoms with van der Waals surface area (Å²) in [6.45, 7) is 0. The molecule has 0 aliphatic rings. The Morgan fingerprint density at radius 1 is 0.920 bits per heavy atom. The molecule has 1 heterocycles. The number of nitrogens with one attached hydrogen (secondary N) is 2. The van der Waals surface area contributed by atoms with Crippen molar-refractivity contribution in [3.8, 4) is 11.5 Å². The lowest BCUT2D eigenvalue weighted by Crippen LogP contribution is -2.02. The van der Waals surface area contributed by atoms with Gasteiger partial charge >= 0.3 is 0 Å². The molecule has 7 nitrogen and oxygen atoms in total. The lowest BCUT2D eigenvalue weighted by molar-refractivity contribution is 0.355. The molecule has 2 N–H and O–H groups in total. The molecule has 1 aromatic heterocycles. The first kappa shape index (κ1) is 16.8. The molecule has 0 radical (unpaired) electrons. The summed E-state index contributed by atoms with van der Waals surface area (Å²) in [7, 11) is 3.17. The molecule has 0 aliphatic heterocycles. The summed E-state index contributed by atoms with van der Waals surface area (Å²) in [6.07, 6.45) is 1.53. The van der Waals surface area contributed by atoms with Gasteiger partial charge in [-0.3, -0.25) is 0 Å². The maximum atomic E-state index is 5.97. The third-order valence-corrected chi connectivity index (χ3v) is 3.53. The summed E-state index contributed by atoms with van der Waals surface area (Å²) < 4.78 is 10.5. The van der Waals surface area contributed by atoms with Crippen molar-refractivity contribution in [3.63, 3.8) is 0 Å². The summed E-state index contributed by atoms with van der Waals surface area (Å²) in [4.78, 5) is 4.38. The Morgan fingerprint density at radius 2 is 1.72 bits per heavy atom. The molecule has 0 saturated heterocycles. The molecule has 8 heteroatoms. The fourth-order valence-electron chi connectivity index (χ4n) is 2.17. The first-order chi connectivity index (χ1) is 12.2. The van der Waals surface area contributed by atoms with Gasteiger partial charge in [0, 0.05) is 22.5 Å². The summed E-state index contributed by atoms with van der Waals surface area (Å²) in [6, 6.07) is 12.7. The van der Waals surface area contributed by atoms with Crippen molar-refractivity contribution >= 4 is 34.7 Å². The largest absolute Gasteiger partial charge is 0.493 e. The van der Waals surface area contributed by atoms with Crippen molar-refractivity contribution in [2.45, 2.75) is 0 Å². The van der Waals surface area contributed by atoms with Gasteiger partial charge in [0.05, 0.1) is 20.4 Å². The van der Waals surface area contributed by atoms with Gasteiger partial charge in [0.1, 0.15) is 0 Å². The molecule has 0 spiro atoms. The lowest BCUT2D eigenvalue weighted by Gasteiger charge is -2.11. The highest BCUT2D eigenvalue weighted by Gasteiger charge is 2.07. The number of anilines is 4. The van der Waals surface area contributed by atoms with Crippen LogP contribution in [0.3, 0.4) is 0 Å². The van der Waals surface area contributed by atoms with E-state index in [9.17, 15) is 0 Å². The Balaban J connectivity index is 1.78.